The van der Waals surface area contributed by atoms with Crippen LogP contribution in [0.25, 0.3) is 0 Å². The number of amides is 2. The van der Waals surface area contributed by atoms with Gasteiger partial charge >= 0.3 is 0 Å². The molecule has 3 aromatic rings. The average Bonchev–Trinajstić information content (AvgIpc) is 2.84. The smallest absolute Gasteiger partial charge is 0.251 e. The Morgan fingerprint density at radius 1 is 0.906 bits per heavy atom. The molecule has 2 amide bonds. The Hall–Kier alpha value is -3.80. The van der Waals surface area contributed by atoms with Crippen molar-refractivity contribution in [3.05, 3.63) is 95.6 Å². The number of likely N-dealkylation sites (N-methyl/N-ethyl adjacent to an activating group) is 1. The molecule has 0 unspecified atom stereocenters. The zero-order valence-electron chi connectivity index (χ0n) is 18.6. The molecule has 0 aliphatic heterocycles. The summed E-state index contributed by atoms with van der Waals surface area (Å²) in [6, 6.07) is 23.3. The highest BCUT2D eigenvalue weighted by atomic mass is 16.5. The van der Waals surface area contributed by atoms with Crippen LogP contribution in [0, 0.1) is 0 Å². The molecule has 0 heterocycles. The van der Waals surface area contributed by atoms with Gasteiger partial charge in [-0.1, -0.05) is 48.5 Å². The fourth-order valence-electron chi connectivity index (χ4n) is 3.46. The van der Waals surface area contributed by atoms with Crippen molar-refractivity contribution in [3.8, 4) is 11.5 Å². The van der Waals surface area contributed by atoms with Gasteiger partial charge in [0.2, 0.25) is 5.91 Å². The van der Waals surface area contributed by atoms with Crippen LogP contribution in [0.15, 0.2) is 78.9 Å². The topological polar surface area (TPSA) is 67.9 Å². The van der Waals surface area contributed by atoms with Crippen molar-refractivity contribution in [2.24, 2.45) is 0 Å². The molecule has 0 aliphatic carbocycles. The molecule has 6 heteroatoms. The lowest BCUT2D eigenvalue weighted by Crippen LogP contribution is -2.48. The van der Waals surface area contributed by atoms with E-state index in [2.05, 4.69) is 5.32 Å². The molecule has 0 radical (unpaired) electrons. The minimum absolute atomic E-state index is 0.184. The molecule has 0 saturated carbocycles. The fraction of sp³-hybridized carbons (Fsp3) is 0.231. The molecule has 3 aromatic carbocycles. The van der Waals surface area contributed by atoms with Crippen LogP contribution in [0.5, 0.6) is 11.5 Å². The maximum Gasteiger partial charge on any atom is 0.251 e. The van der Waals surface area contributed by atoms with Crippen molar-refractivity contribution in [1.29, 1.82) is 0 Å². The zero-order chi connectivity index (χ0) is 22.9. The largest absolute Gasteiger partial charge is 0.497 e. The summed E-state index contributed by atoms with van der Waals surface area (Å²) < 4.78 is 10.7. The predicted octanol–water partition coefficient (Wildman–Crippen LogP) is 3.70. The maximum atomic E-state index is 13.4. The summed E-state index contributed by atoms with van der Waals surface area (Å²) in [4.78, 5) is 27.8. The lowest BCUT2D eigenvalue weighted by Gasteiger charge is -2.25. The van der Waals surface area contributed by atoms with Gasteiger partial charge in [0, 0.05) is 37.2 Å². The first-order valence-electron chi connectivity index (χ1n) is 10.4. The van der Waals surface area contributed by atoms with E-state index in [0.717, 1.165) is 11.1 Å². The molecule has 0 bridgehead atoms. The minimum atomic E-state index is -0.709. The van der Waals surface area contributed by atoms with Crippen molar-refractivity contribution in [1.82, 2.24) is 10.2 Å². The normalized spacial score (nSPS) is 11.3. The highest BCUT2D eigenvalue weighted by molar-refractivity contribution is 5.97. The van der Waals surface area contributed by atoms with Gasteiger partial charge in [-0.3, -0.25) is 9.59 Å². The molecule has 0 spiro atoms. The number of hydrogen-bond acceptors (Lipinski definition) is 4. The summed E-state index contributed by atoms with van der Waals surface area (Å²) >= 11 is 0. The molecule has 3 rings (SSSR count). The Balaban J connectivity index is 1.80. The number of benzene rings is 3. The van der Waals surface area contributed by atoms with Crippen LogP contribution in [-0.2, 0) is 17.8 Å². The van der Waals surface area contributed by atoms with E-state index in [9.17, 15) is 9.59 Å². The molecule has 1 atom stereocenters. The average molecular weight is 433 g/mol. The number of nitrogens with zero attached hydrogens (tertiary/aromatic N) is 1. The fourth-order valence-corrected chi connectivity index (χ4v) is 3.46. The predicted molar refractivity (Wildman–Crippen MR) is 124 cm³/mol. The lowest BCUT2D eigenvalue weighted by atomic mass is 10.0. The number of hydrogen-bond donors (Lipinski definition) is 1. The van der Waals surface area contributed by atoms with E-state index in [1.165, 1.54) is 0 Å². The molecule has 166 valence electrons. The van der Waals surface area contributed by atoms with E-state index in [-0.39, 0.29) is 11.8 Å². The van der Waals surface area contributed by atoms with E-state index >= 15 is 0 Å². The first kappa shape index (κ1) is 22.9. The van der Waals surface area contributed by atoms with Crippen LogP contribution in [-0.4, -0.2) is 44.0 Å². The van der Waals surface area contributed by atoms with E-state index < -0.39 is 6.04 Å². The van der Waals surface area contributed by atoms with E-state index in [1.54, 1.807) is 56.5 Å². The number of rotatable bonds is 9. The van der Waals surface area contributed by atoms with Gasteiger partial charge in [-0.05, 0) is 29.8 Å². The van der Waals surface area contributed by atoms with Gasteiger partial charge in [-0.2, -0.15) is 0 Å². The Morgan fingerprint density at radius 3 is 2.19 bits per heavy atom. The SMILES string of the molecule is COc1ccc(CN(C)C(=O)[C@H](Cc2ccccc2)NC(=O)c2ccccc2)c(OC)c1. The standard InChI is InChI=1S/C26H28N2O4/c1-28(18-21-14-15-22(31-2)17-24(21)32-3)26(30)23(16-19-10-6-4-7-11-19)27-25(29)20-12-8-5-9-13-20/h4-15,17,23H,16,18H2,1-3H3,(H,27,29)/t23-/m0/s1. The van der Waals surface area contributed by atoms with E-state index in [1.807, 2.05) is 48.5 Å². The number of carbonyl (C=O) groups excluding carboxylic acids is 2. The number of nitrogens with one attached hydrogen (secondary N) is 1. The molecular weight excluding hydrogens is 404 g/mol. The third kappa shape index (κ3) is 5.88. The molecule has 0 aromatic heterocycles. The summed E-state index contributed by atoms with van der Waals surface area (Å²) in [6.07, 6.45) is 0.391. The second-order valence-electron chi connectivity index (χ2n) is 7.45. The first-order chi connectivity index (χ1) is 15.5. The highest BCUT2D eigenvalue weighted by Gasteiger charge is 2.25. The molecule has 6 nitrogen and oxygen atoms in total. The monoisotopic (exact) mass is 432 g/mol. The van der Waals surface area contributed by atoms with Crippen LogP contribution in [0.3, 0.4) is 0 Å². The quantitative estimate of drug-likeness (QED) is 0.560. The van der Waals surface area contributed by atoms with Crippen molar-refractivity contribution in [3.63, 3.8) is 0 Å². The van der Waals surface area contributed by atoms with Crippen molar-refractivity contribution < 1.29 is 19.1 Å². The van der Waals surface area contributed by atoms with Crippen LogP contribution in [0.4, 0.5) is 0 Å². The van der Waals surface area contributed by atoms with Crippen molar-refractivity contribution in [2.75, 3.05) is 21.3 Å². The van der Waals surface area contributed by atoms with Gasteiger partial charge in [-0.25, -0.2) is 0 Å². The Labute approximate surface area is 188 Å². The Morgan fingerprint density at radius 2 is 1.56 bits per heavy atom. The third-order valence-electron chi connectivity index (χ3n) is 5.20. The Kier molecular flexibility index (Phi) is 7.86. The summed E-state index contributed by atoms with van der Waals surface area (Å²) in [5, 5.41) is 2.91. The summed E-state index contributed by atoms with van der Waals surface area (Å²) in [7, 11) is 4.89. The van der Waals surface area contributed by atoms with Crippen molar-refractivity contribution in [2.45, 2.75) is 19.0 Å². The van der Waals surface area contributed by atoms with Gasteiger partial charge in [0.25, 0.3) is 5.91 Å². The molecule has 32 heavy (non-hydrogen) atoms. The zero-order valence-corrected chi connectivity index (χ0v) is 18.6. The second-order valence-corrected chi connectivity index (χ2v) is 7.45. The van der Waals surface area contributed by atoms with Crippen molar-refractivity contribution >= 4 is 11.8 Å². The molecule has 1 N–H and O–H groups in total. The van der Waals surface area contributed by atoms with Crippen LogP contribution < -0.4 is 14.8 Å². The third-order valence-corrected chi connectivity index (χ3v) is 5.20. The number of methoxy groups -OCH3 is 2. The lowest BCUT2D eigenvalue weighted by molar-refractivity contribution is -0.132. The second kappa shape index (κ2) is 11.0. The van der Waals surface area contributed by atoms with Crippen LogP contribution in [0.1, 0.15) is 21.5 Å². The molecule has 0 fully saturated rings. The highest BCUT2D eigenvalue weighted by Crippen LogP contribution is 2.25. The van der Waals surface area contributed by atoms with E-state index in [0.29, 0.717) is 30.0 Å². The van der Waals surface area contributed by atoms with E-state index in [4.69, 9.17) is 9.47 Å². The van der Waals surface area contributed by atoms with Gasteiger partial charge in [0.15, 0.2) is 0 Å². The minimum Gasteiger partial charge on any atom is -0.497 e. The number of ether oxygens (including phenoxy) is 2. The van der Waals surface area contributed by atoms with Crippen LogP contribution >= 0.6 is 0 Å². The summed E-state index contributed by atoms with van der Waals surface area (Å²) in [5.74, 6) is 0.847. The van der Waals surface area contributed by atoms with Gasteiger partial charge in [-0.15, -0.1) is 0 Å². The van der Waals surface area contributed by atoms with Gasteiger partial charge < -0.3 is 19.7 Å². The molecule has 0 aliphatic rings. The molecular formula is C26H28N2O4. The number of carbonyl (C=O) groups is 2. The summed E-state index contributed by atoms with van der Waals surface area (Å²) in [5.41, 5.74) is 2.32. The maximum absolute atomic E-state index is 13.4. The van der Waals surface area contributed by atoms with Gasteiger partial charge in [0.05, 0.1) is 14.2 Å². The molecule has 0 saturated heterocycles. The van der Waals surface area contributed by atoms with Crippen LogP contribution in [0.2, 0.25) is 0 Å². The summed E-state index contributed by atoms with van der Waals surface area (Å²) in [6.45, 7) is 0.332. The first-order valence-corrected chi connectivity index (χ1v) is 10.4. The van der Waals surface area contributed by atoms with Gasteiger partial charge in [0.1, 0.15) is 17.5 Å². The Bertz CT molecular complexity index is 1040.